The van der Waals surface area contributed by atoms with E-state index in [0.717, 1.165) is 18.1 Å². The quantitative estimate of drug-likeness (QED) is 0.792. The summed E-state index contributed by atoms with van der Waals surface area (Å²) < 4.78 is 4.99. The van der Waals surface area contributed by atoms with E-state index in [2.05, 4.69) is 52.6 Å². The summed E-state index contributed by atoms with van der Waals surface area (Å²) in [5.74, 6) is 1.36. The molecule has 0 spiro atoms. The van der Waals surface area contributed by atoms with Gasteiger partial charge in [-0.1, -0.05) is 6.07 Å². The van der Waals surface area contributed by atoms with Gasteiger partial charge in [0.1, 0.15) is 5.82 Å². The number of methoxy groups -OCH3 is 1. The highest BCUT2D eigenvalue weighted by atomic mass is 16.5. The first-order valence-electron chi connectivity index (χ1n) is 6.58. The molecule has 0 atom stereocenters. The van der Waals surface area contributed by atoms with Crippen molar-refractivity contribution in [1.29, 1.82) is 0 Å². The van der Waals surface area contributed by atoms with Gasteiger partial charge in [-0.15, -0.1) is 0 Å². The van der Waals surface area contributed by atoms with Gasteiger partial charge in [0.2, 0.25) is 5.95 Å². The molecule has 2 rings (SSSR count). The second kappa shape index (κ2) is 6.86. The summed E-state index contributed by atoms with van der Waals surface area (Å²) in [4.78, 5) is 8.64. The van der Waals surface area contributed by atoms with Gasteiger partial charge in [-0.25, -0.2) is 4.98 Å². The minimum Gasteiger partial charge on any atom is -0.383 e. The first kappa shape index (κ1) is 14.3. The fourth-order valence-electron chi connectivity index (χ4n) is 1.97. The standard InChI is InChI=1S/C15H20N4O/c1-11-8-12(2)10-13(9-11)18-15-17-5-4-14(19-15)16-6-7-20-3/h4-5,8-10H,6-7H2,1-3H3,(H2,16,17,18,19). The third-order valence-electron chi connectivity index (χ3n) is 2.75. The molecule has 1 aromatic carbocycles. The number of benzene rings is 1. The first-order valence-corrected chi connectivity index (χ1v) is 6.58. The zero-order valence-electron chi connectivity index (χ0n) is 12.1. The third-order valence-corrected chi connectivity index (χ3v) is 2.75. The molecule has 0 aliphatic heterocycles. The van der Waals surface area contributed by atoms with E-state index in [1.165, 1.54) is 11.1 Å². The van der Waals surface area contributed by atoms with Crippen LogP contribution in [0.5, 0.6) is 0 Å². The highest BCUT2D eigenvalue weighted by molar-refractivity contribution is 5.57. The average molecular weight is 272 g/mol. The Kier molecular flexibility index (Phi) is 4.90. The lowest BCUT2D eigenvalue weighted by Gasteiger charge is -2.09. The van der Waals surface area contributed by atoms with Crippen LogP contribution in [0.3, 0.4) is 0 Å². The molecule has 0 saturated heterocycles. The molecule has 0 fully saturated rings. The van der Waals surface area contributed by atoms with Crippen molar-refractivity contribution in [2.45, 2.75) is 13.8 Å². The Bertz CT molecular complexity index is 551. The molecular weight excluding hydrogens is 252 g/mol. The van der Waals surface area contributed by atoms with Crippen LogP contribution in [0.15, 0.2) is 30.5 Å². The van der Waals surface area contributed by atoms with Crippen molar-refractivity contribution in [3.8, 4) is 0 Å². The zero-order valence-corrected chi connectivity index (χ0v) is 12.1. The molecule has 0 aliphatic carbocycles. The van der Waals surface area contributed by atoms with Crippen LogP contribution in [0.1, 0.15) is 11.1 Å². The number of rotatable bonds is 6. The molecule has 0 radical (unpaired) electrons. The highest BCUT2D eigenvalue weighted by Gasteiger charge is 2.01. The summed E-state index contributed by atoms with van der Waals surface area (Å²) in [6.07, 6.45) is 1.73. The Balaban J connectivity index is 2.07. The van der Waals surface area contributed by atoms with Gasteiger partial charge in [0.25, 0.3) is 0 Å². The first-order chi connectivity index (χ1) is 9.67. The van der Waals surface area contributed by atoms with E-state index >= 15 is 0 Å². The summed E-state index contributed by atoms with van der Waals surface area (Å²) in [6.45, 7) is 5.50. The van der Waals surface area contributed by atoms with Crippen LogP contribution in [0, 0.1) is 13.8 Å². The molecule has 2 N–H and O–H groups in total. The number of hydrogen-bond acceptors (Lipinski definition) is 5. The van der Waals surface area contributed by atoms with Crippen molar-refractivity contribution in [2.24, 2.45) is 0 Å². The average Bonchev–Trinajstić information content (AvgIpc) is 2.38. The highest BCUT2D eigenvalue weighted by Crippen LogP contribution is 2.17. The summed E-state index contributed by atoms with van der Waals surface area (Å²) in [5.41, 5.74) is 3.42. The Hall–Kier alpha value is -2.14. The smallest absolute Gasteiger partial charge is 0.229 e. The fourth-order valence-corrected chi connectivity index (χ4v) is 1.97. The molecular formula is C15H20N4O. The second-order valence-electron chi connectivity index (χ2n) is 4.69. The topological polar surface area (TPSA) is 59.1 Å². The van der Waals surface area contributed by atoms with Crippen molar-refractivity contribution in [3.63, 3.8) is 0 Å². The maximum absolute atomic E-state index is 4.99. The van der Waals surface area contributed by atoms with Gasteiger partial charge in [0.15, 0.2) is 0 Å². The molecule has 1 aromatic heterocycles. The molecule has 5 nitrogen and oxygen atoms in total. The van der Waals surface area contributed by atoms with Gasteiger partial charge in [-0.05, 0) is 43.2 Å². The molecule has 20 heavy (non-hydrogen) atoms. The minimum absolute atomic E-state index is 0.581. The van der Waals surface area contributed by atoms with Gasteiger partial charge in [-0.2, -0.15) is 4.98 Å². The van der Waals surface area contributed by atoms with Gasteiger partial charge in [-0.3, -0.25) is 0 Å². The van der Waals surface area contributed by atoms with Gasteiger partial charge < -0.3 is 15.4 Å². The molecule has 2 aromatic rings. The summed E-state index contributed by atoms with van der Waals surface area (Å²) in [7, 11) is 1.68. The van der Waals surface area contributed by atoms with Crippen molar-refractivity contribution in [1.82, 2.24) is 9.97 Å². The third kappa shape index (κ3) is 4.20. The number of aryl methyl sites for hydroxylation is 2. The number of ether oxygens (including phenoxy) is 1. The van der Waals surface area contributed by atoms with Crippen LogP contribution in [-0.4, -0.2) is 30.2 Å². The monoisotopic (exact) mass is 272 g/mol. The summed E-state index contributed by atoms with van der Waals surface area (Å²) in [5, 5.41) is 6.40. The van der Waals surface area contributed by atoms with E-state index in [1.807, 2.05) is 6.07 Å². The summed E-state index contributed by atoms with van der Waals surface area (Å²) in [6, 6.07) is 8.11. The van der Waals surface area contributed by atoms with Crippen LogP contribution in [0.25, 0.3) is 0 Å². The van der Waals surface area contributed by atoms with Crippen LogP contribution in [-0.2, 0) is 4.74 Å². The number of hydrogen-bond donors (Lipinski definition) is 2. The molecule has 0 aliphatic rings. The number of nitrogens with zero attached hydrogens (tertiary/aromatic N) is 2. The van der Waals surface area contributed by atoms with E-state index in [4.69, 9.17) is 4.74 Å². The van der Waals surface area contributed by atoms with Crippen LogP contribution >= 0.6 is 0 Å². The van der Waals surface area contributed by atoms with Crippen molar-refractivity contribution < 1.29 is 4.74 Å². The van der Waals surface area contributed by atoms with Crippen LogP contribution in [0.4, 0.5) is 17.5 Å². The second-order valence-corrected chi connectivity index (χ2v) is 4.69. The molecule has 0 bridgehead atoms. The van der Waals surface area contributed by atoms with E-state index < -0.39 is 0 Å². The molecule has 1 heterocycles. The number of anilines is 3. The van der Waals surface area contributed by atoms with Crippen LogP contribution in [0.2, 0.25) is 0 Å². The van der Waals surface area contributed by atoms with Gasteiger partial charge >= 0.3 is 0 Å². The van der Waals surface area contributed by atoms with E-state index in [9.17, 15) is 0 Å². The molecule has 0 saturated carbocycles. The number of nitrogens with one attached hydrogen (secondary N) is 2. The molecule has 106 valence electrons. The lowest BCUT2D eigenvalue weighted by atomic mass is 10.1. The molecule has 5 heteroatoms. The van der Waals surface area contributed by atoms with Crippen molar-refractivity contribution in [2.75, 3.05) is 30.9 Å². The van der Waals surface area contributed by atoms with E-state index in [0.29, 0.717) is 12.6 Å². The Morgan fingerprint density at radius 2 is 1.90 bits per heavy atom. The largest absolute Gasteiger partial charge is 0.383 e. The predicted octanol–water partition coefficient (Wildman–Crippen LogP) is 2.90. The van der Waals surface area contributed by atoms with Crippen molar-refractivity contribution in [3.05, 3.63) is 41.6 Å². The number of aromatic nitrogens is 2. The normalized spacial score (nSPS) is 10.3. The molecule has 0 amide bonds. The Morgan fingerprint density at radius 1 is 1.15 bits per heavy atom. The maximum Gasteiger partial charge on any atom is 0.229 e. The Labute approximate surface area is 119 Å². The van der Waals surface area contributed by atoms with E-state index in [-0.39, 0.29) is 0 Å². The van der Waals surface area contributed by atoms with Crippen molar-refractivity contribution >= 4 is 17.5 Å². The van der Waals surface area contributed by atoms with Crippen LogP contribution < -0.4 is 10.6 Å². The van der Waals surface area contributed by atoms with Gasteiger partial charge in [0, 0.05) is 25.5 Å². The van der Waals surface area contributed by atoms with E-state index in [1.54, 1.807) is 13.3 Å². The predicted molar refractivity (Wildman–Crippen MR) is 81.6 cm³/mol. The maximum atomic E-state index is 4.99. The minimum atomic E-state index is 0.581. The fraction of sp³-hybridized carbons (Fsp3) is 0.333. The lowest BCUT2D eigenvalue weighted by molar-refractivity contribution is 0.210. The zero-order chi connectivity index (χ0) is 14.4. The molecule has 0 unspecified atom stereocenters. The SMILES string of the molecule is COCCNc1ccnc(Nc2cc(C)cc(C)c2)n1. The Morgan fingerprint density at radius 3 is 2.60 bits per heavy atom. The summed E-state index contributed by atoms with van der Waals surface area (Å²) >= 11 is 0. The lowest BCUT2D eigenvalue weighted by Crippen LogP contribution is -2.09. The van der Waals surface area contributed by atoms with Gasteiger partial charge in [0.05, 0.1) is 6.61 Å².